The highest BCUT2D eigenvalue weighted by molar-refractivity contribution is 5.60. The lowest BCUT2D eigenvalue weighted by molar-refractivity contribution is 0.483. The Kier molecular flexibility index (Phi) is 5.67. The van der Waals surface area contributed by atoms with Crippen molar-refractivity contribution in [3.63, 3.8) is 0 Å². The van der Waals surface area contributed by atoms with Gasteiger partial charge in [-0.05, 0) is 48.9 Å². The third kappa shape index (κ3) is 5.32. The summed E-state index contributed by atoms with van der Waals surface area (Å²) < 4.78 is 5.83. The molecule has 5 nitrogen and oxygen atoms in total. The zero-order valence-corrected chi connectivity index (χ0v) is 16.2. The van der Waals surface area contributed by atoms with Crippen LogP contribution < -0.4 is 15.4 Å². The van der Waals surface area contributed by atoms with Crippen molar-refractivity contribution in [2.75, 3.05) is 10.6 Å². The van der Waals surface area contributed by atoms with Crippen LogP contribution in [-0.2, 0) is 6.54 Å². The molecule has 4 aromatic rings. The third-order valence-corrected chi connectivity index (χ3v) is 4.26. The second kappa shape index (κ2) is 8.89. The zero-order valence-electron chi connectivity index (χ0n) is 16.2. The first kappa shape index (κ1) is 18.5. The molecule has 0 spiro atoms. The van der Waals surface area contributed by atoms with Gasteiger partial charge in [0.2, 0.25) is 0 Å². The smallest absolute Gasteiger partial charge is 0.136 e. The van der Waals surface area contributed by atoms with Gasteiger partial charge in [-0.25, -0.2) is 9.97 Å². The minimum Gasteiger partial charge on any atom is -0.457 e. The Hall–Kier alpha value is -3.86. The van der Waals surface area contributed by atoms with E-state index in [-0.39, 0.29) is 0 Å². The van der Waals surface area contributed by atoms with Crippen molar-refractivity contribution >= 4 is 17.3 Å². The average molecular weight is 382 g/mol. The Labute approximate surface area is 170 Å². The minimum absolute atomic E-state index is 0.703. The van der Waals surface area contributed by atoms with Gasteiger partial charge in [-0.2, -0.15) is 0 Å². The highest BCUT2D eigenvalue weighted by atomic mass is 16.5. The number of benzene rings is 3. The molecule has 0 bridgehead atoms. The highest BCUT2D eigenvalue weighted by Crippen LogP contribution is 2.24. The van der Waals surface area contributed by atoms with Gasteiger partial charge in [0.15, 0.2) is 0 Å². The molecule has 3 aromatic carbocycles. The summed E-state index contributed by atoms with van der Waals surface area (Å²) in [5.41, 5.74) is 2.13. The fraction of sp³-hybridized carbons (Fsp3) is 0.0833. The van der Waals surface area contributed by atoms with Crippen LogP contribution in [-0.4, -0.2) is 9.97 Å². The molecule has 0 aliphatic rings. The van der Waals surface area contributed by atoms with Crippen molar-refractivity contribution in [2.45, 2.75) is 13.5 Å². The molecule has 0 unspecified atom stereocenters. The molecule has 4 rings (SSSR count). The maximum absolute atomic E-state index is 5.83. The van der Waals surface area contributed by atoms with Crippen LogP contribution in [0.15, 0.2) is 91.0 Å². The number of hydrogen-bond acceptors (Lipinski definition) is 5. The Morgan fingerprint density at radius 3 is 2.07 bits per heavy atom. The summed E-state index contributed by atoms with van der Waals surface area (Å²) in [6.45, 7) is 2.60. The lowest BCUT2D eigenvalue weighted by Crippen LogP contribution is -2.05. The van der Waals surface area contributed by atoms with Gasteiger partial charge in [-0.3, -0.25) is 0 Å². The fourth-order valence-corrected chi connectivity index (χ4v) is 2.89. The molecule has 0 saturated carbocycles. The number of aryl methyl sites for hydroxylation is 1. The van der Waals surface area contributed by atoms with Crippen LogP contribution in [0.25, 0.3) is 0 Å². The summed E-state index contributed by atoms with van der Waals surface area (Å²) >= 11 is 0. The van der Waals surface area contributed by atoms with Gasteiger partial charge in [0.25, 0.3) is 0 Å². The topological polar surface area (TPSA) is 59.1 Å². The molecular weight excluding hydrogens is 360 g/mol. The summed E-state index contributed by atoms with van der Waals surface area (Å²) in [6.07, 6.45) is 0. The average Bonchev–Trinajstić information content (AvgIpc) is 2.75. The largest absolute Gasteiger partial charge is 0.457 e. The fourth-order valence-electron chi connectivity index (χ4n) is 2.89. The molecule has 1 aromatic heterocycles. The standard InChI is InChI=1S/C24H22N4O/c1-18-26-23(25-17-19-8-4-2-5-9-19)16-24(27-18)28-20-12-14-22(15-13-20)29-21-10-6-3-7-11-21/h2-16H,17H2,1H3,(H2,25,26,27,28). The number of nitrogens with zero attached hydrogens (tertiary/aromatic N) is 2. The molecule has 29 heavy (non-hydrogen) atoms. The molecule has 0 radical (unpaired) electrons. The number of anilines is 3. The van der Waals surface area contributed by atoms with Crippen molar-refractivity contribution in [3.8, 4) is 11.5 Å². The van der Waals surface area contributed by atoms with E-state index in [2.05, 4.69) is 32.7 Å². The Morgan fingerprint density at radius 1 is 0.724 bits per heavy atom. The van der Waals surface area contributed by atoms with Crippen molar-refractivity contribution in [3.05, 3.63) is 102 Å². The van der Waals surface area contributed by atoms with Gasteiger partial charge in [0.05, 0.1) is 0 Å². The van der Waals surface area contributed by atoms with Crippen LogP contribution >= 0.6 is 0 Å². The van der Waals surface area contributed by atoms with Gasteiger partial charge in [0.1, 0.15) is 29.0 Å². The van der Waals surface area contributed by atoms with Gasteiger partial charge >= 0.3 is 0 Å². The van der Waals surface area contributed by atoms with Crippen LogP contribution in [0.1, 0.15) is 11.4 Å². The SMILES string of the molecule is Cc1nc(NCc2ccccc2)cc(Nc2ccc(Oc3ccccc3)cc2)n1. The van der Waals surface area contributed by atoms with E-state index in [9.17, 15) is 0 Å². The molecule has 1 heterocycles. The number of aromatic nitrogens is 2. The van der Waals surface area contributed by atoms with Crippen LogP contribution in [0.2, 0.25) is 0 Å². The van der Waals surface area contributed by atoms with E-state index in [4.69, 9.17) is 4.74 Å². The van der Waals surface area contributed by atoms with E-state index in [1.54, 1.807) is 0 Å². The minimum atomic E-state index is 0.703. The first-order valence-electron chi connectivity index (χ1n) is 9.48. The van der Waals surface area contributed by atoms with E-state index in [0.717, 1.165) is 28.8 Å². The van der Waals surface area contributed by atoms with E-state index in [1.165, 1.54) is 5.56 Å². The summed E-state index contributed by atoms with van der Waals surface area (Å²) in [5, 5.41) is 6.68. The molecule has 2 N–H and O–H groups in total. The first-order valence-corrected chi connectivity index (χ1v) is 9.48. The maximum Gasteiger partial charge on any atom is 0.136 e. The van der Waals surface area contributed by atoms with Gasteiger partial charge in [-0.15, -0.1) is 0 Å². The van der Waals surface area contributed by atoms with Crippen molar-refractivity contribution in [1.82, 2.24) is 9.97 Å². The predicted molar refractivity (Wildman–Crippen MR) is 117 cm³/mol. The molecule has 5 heteroatoms. The molecular formula is C24H22N4O. The van der Waals surface area contributed by atoms with Crippen molar-refractivity contribution < 1.29 is 4.74 Å². The zero-order chi connectivity index (χ0) is 19.9. The maximum atomic E-state index is 5.83. The summed E-state index contributed by atoms with van der Waals surface area (Å²) in [6, 6.07) is 29.7. The Balaban J connectivity index is 1.41. The predicted octanol–water partition coefficient (Wildman–Crippen LogP) is 5.93. The number of rotatable bonds is 7. The first-order chi connectivity index (χ1) is 14.2. The summed E-state index contributed by atoms with van der Waals surface area (Å²) in [7, 11) is 0. The lowest BCUT2D eigenvalue weighted by atomic mass is 10.2. The molecule has 0 aliphatic heterocycles. The molecule has 0 amide bonds. The summed E-state index contributed by atoms with van der Waals surface area (Å²) in [4.78, 5) is 8.95. The molecule has 144 valence electrons. The summed E-state index contributed by atoms with van der Waals surface area (Å²) in [5.74, 6) is 3.83. The highest BCUT2D eigenvalue weighted by Gasteiger charge is 2.04. The van der Waals surface area contributed by atoms with Gasteiger partial charge in [0, 0.05) is 18.3 Å². The molecule has 0 aliphatic carbocycles. The normalized spacial score (nSPS) is 10.4. The van der Waals surface area contributed by atoms with E-state index in [0.29, 0.717) is 12.4 Å². The van der Waals surface area contributed by atoms with E-state index >= 15 is 0 Å². The lowest BCUT2D eigenvalue weighted by Gasteiger charge is -2.11. The number of nitrogens with one attached hydrogen (secondary N) is 2. The Morgan fingerprint density at radius 2 is 1.34 bits per heavy atom. The van der Waals surface area contributed by atoms with Crippen LogP contribution in [0.5, 0.6) is 11.5 Å². The number of hydrogen-bond donors (Lipinski definition) is 2. The molecule has 0 saturated heterocycles. The van der Waals surface area contributed by atoms with Crippen LogP contribution in [0, 0.1) is 6.92 Å². The Bertz CT molecular complexity index is 1050. The third-order valence-electron chi connectivity index (χ3n) is 4.26. The molecule has 0 fully saturated rings. The second-order valence-corrected chi connectivity index (χ2v) is 6.59. The van der Waals surface area contributed by atoms with Gasteiger partial charge in [-0.1, -0.05) is 48.5 Å². The van der Waals surface area contributed by atoms with Gasteiger partial charge < -0.3 is 15.4 Å². The molecule has 0 atom stereocenters. The number of para-hydroxylation sites is 1. The quantitative estimate of drug-likeness (QED) is 0.415. The van der Waals surface area contributed by atoms with Crippen molar-refractivity contribution in [1.29, 1.82) is 0 Å². The van der Waals surface area contributed by atoms with E-state index < -0.39 is 0 Å². The second-order valence-electron chi connectivity index (χ2n) is 6.59. The van der Waals surface area contributed by atoms with Crippen molar-refractivity contribution in [2.24, 2.45) is 0 Å². The van der Waals surface area contributed by atoms with Crippen LogP contribution in [0.4, 0.5) is 17.3 Å². The van der Waals surface area contributed by atoms with E-state index in [1.807, 2.05) is 85.8 Å². The van der Waals surface area contributed by atoms with Crippen LogP contribution in [0.3, 0.4) is 0 Å². The monoisotopic (exact) mass is 382 g/mol. The number of ether oxygens (including phenoxy) is 1.